The van der Waals surface area contributed by atoms with Gasteiger partial charge in [0.15, 0.2) is 0 Å². The lowest BCUT2D eigenvalue weighted by molar-refractivity contribution is 0.147. The first-order valence-electron chi connectivity index (χ1n) is 5.29. The van der Waals surface area contributed by atoms with E-state index in [0.717, 1.165) is 10.0 Å². The molecule has 0 atom stereocenters. The van der Waals surface area contributed by atoms with Crippen molar-refractivity contribution >= 4 is 39.3 Å². The first-order chi connectivity index (χ1) is 7.90. The topological polar surface area (TPSA) is 38.3 Å². The van der Waals surface area contributed by atoms with Crippen molar-refractivity contribution in [2.45, 2.75) is 20.8 Å². The predicted octanol–water partition coefficient (Wildman–Crippen LogP) is 4.62. The van der Waals surface area contributed by atoms with Crippen LogP contribution in [0, 0.1) is 12.8 Å². The number of nitrogens with one attached hydrogen (secondary N) is 1. The van der Waals surface area contributed by atoms with Gasteiger partial charge in [-0.1, -0.05) is 25.4 Å². The summed E-state index contributed by atoms with van der Waals surface area (Å²) < 4.78 is 5.80. The van der Waals surface area contributed by atoms with Gasteiger partial charge in [-0.3, -0.25) is 5.32 Å². The Morgan fingerprint density at radius 2 is 2.18 bits per heavy atom. The average Bonchev–Trinajstić information content (AvgIpc) is 2.23. The molecule has 1 N–H and O–H groups in total. The van der Waals surface area contributed by atoms with Crippen LogP contribution in [0.25, 0.3) is 0 Å². The molecule has 0 aliphatic carbocycles. The summed E-state index contributed by atoms with van der Waals surface area (Å²) in [5.74, 6) is 0.311. The molecule has 1 rings (SSSR count). The monoisotopic (exact) mass is 319 g/mol. The van der Waals surface area contributed by atoms with Gasteiger partial charge in [-0.15, -0.1) is 0 Å². The average molecular weight is 321 g/mol. The number of hydrogen-bond acceptors (Lipinski definition) is 2. The van der Waals surface area contributed by atoms with E-state index < -0.39 is 6.09 Å². The molecule has 5 heteroatoms. The highest BCUT2D eigenvalue weighted by Gasteiger charge is 2.09. The molecule has 0 saturated heterocycles. The van der Waals surface area contributed by atoms with Crippen molar-refractivity contribution in [2.24, 2.45) is 5.92 Å². The summed E-state index contributed by atoms with van der Waals surface area (Å²) in [5, 5.41) is 3.25. The summed E-state index contributed by atoms with van der Waals surface area (Å²) in [6.45, 7) is 6.24. The minimum atomic E-state index is -0.473. The molecule has 0 spiro atoms. The molecule has 0 saturated carbocycles. The highest BCUT2D eigenvalue weighted by molar-refractivity contribution is 9.10. The lowest BCUT2D eigenvalue weighted by Crippen LogP contribution is -2.16. The van der Waals surface area contributed by atoms with E-state index in [1.165, 1.54) is 0 Å². The summed E-state index contributed by atoms with van der Waals surface area (Å²) in [7, 11) is 0. The molecule has 0 aromatic heterocycles. The molecule has 1 amide bonds. The molecule has 0 radical (unpaired) electrons. The van der Waals surface area contributed by atoms with Gasteiger partial charge in [0.25, 0.3) is 0 Å². The van der Waals surface area contributed by atoms with Crippen molar-refractivity contribution in [2.75, 3.05) is 11.9 Å². The first kappa shape index (κ1) is 14.3. The number of amides is 1. The Kier molecular flexibility index (Phi) is 5.28. The van der Waals surface area contributed by atoms with E-state index in [2.05, 4.69) is 21.2 Å². The minimum Gasteiger partial charge on any atom is -0.449 e. The van der Waals surface area contributed by atoms with Crippen molar-refractivity contribution in [1.29, 1.82) is 0 Å². The maximum atomic E-state index is 11.5. The van der Waals surface area contributed by atoms with E-state index in [1.54, 1.807) is 6.07 Å². The van der Waals surface area contributed by atoms with Crippen LogP contribution in [0.15, 0.2) is 16.6 Å². The third-order valence-electron chi connectivity index (χ3n) is 2.03. The molecule has 3 nitrogen and oxygen atoms in total. The summed E-state index contributed by atoms with van der Waals surface area (Å²) in [4.78, 5) is 11.5. The molecule has 0 fully saturated rings. The number of anilines is 1. The summed E-state index contributed by atoms with van der Waals surface area (Å²) in [5.41, 5.74) is 1.55. The van der Waals surface area contributed by atoms with Crippen LogP contribution in [0.4, 0.5) is 10.5 Å². The van der Waals surface area contributed by atoms with Crippen molar-refractivity contribution in [3.05, 3.63) is 27.2 Å². The molecular weight excluding hydrogens is 305 g/mol. The Morgan fingerprint density at radius 3 is 2.76 bits per heavy atom. The van der Waals surface area contributed by atoms with E-state index in [-0.39, 0.29) is 0 Å². The molecule has 0 aliphatic rings. The van der Waals surface area contributed by atoms with E-state index in [4.69, 9.17) is 16.3 Å². The zero-order valence-corrected chi connectivity index (χ0v) is 12.4. The number of carbonyl (C=O) groups is 1. The Bertz CT molecular complexity index is 421. The van der Waals surface area contributed by atoms with E-state index in [0.29, 0.717) is 23.2 Å². The lowest BCUT2D eigenvalue weighted by atomic mass is 10.2. The third-order valence-corrected chi connectivity index (χ3v) is 3.10. The van der Waals surface area contributed by atoms with Gasteiger partial charge in [0.1, 0.15) is 0 Å². The largest absolute Gasteiger partial charge is 0.449 e. The van der Waals surface area contributed by atoms with Gasteiger partial charge in [-0.25, -0.2) is 4.79 Å². The Balaban J connectivity index is 2.68. The molecule has 0 bridgehead atoms. The SMILES string of the molecule is Cc1cc(Br)c(NC(=O)OCC(C)C)cc1Cl. The fourth-order valence-corrected chi connectivity index (χ4v) is 1.85. The van der Waals surface area contributed by atoms with Crippen LogP contribution < -0.4 is 5.32 Å². The summed E-state index contributed by atoms with van der Waals surface area (Å²) >= 11 is 9.34. The van der Waals surface area contributed by atoms with Crippen LogP contribution in [0.1, 0.15) is 19.4 Å². The van der Waals surface area contributed by atoms with Gasteiger partial charge in [0, 0.05) is 9.50 Å². The highest BCUT2D eigenvalue weighted by Crippen LogP contribution is 2.29. The number of aryl methyl sites for hydroxylation is 1. The van der Waals surface area contributed by atoms with Gasteiger partial charge in [-0.05, 0) is 46.5 Å². The lowest BCUT2D eigenvalue weighted by Gasteiger charge is -2.11. The quantitative estimate of drug-likeness (QED) is 0.883. The fourth-order valence-electron chi connectivity index (χ4n) is 1.13. The molecule has 17 heavy (non-hydrogen) atoms. The second kappa shape index (κ2) is 6.26. The van der Waals surface area contributed by atoms with Crippen molar-refractivity contribution in [3.8, 4) is 0 Å². The number of hydrogen-bond donors (Lipinski definition) is 1. The number of ether oxygens (including phenoxy) is 1. The predicted molar refractivity (Wildman–Crippen MR) is 73.7 cm³/mol. The molecule has 0 heterocycles. The Hall–Kier alpha value is -0.740. The van der Waals surface area contributed by atoms with E-state index in [9.17, 15) is 4.79 Å². The Morgan fingerprint density at radius 1 is 1.53 bits per heavy atom. The van der Waals surface area contributed by atoms with Crippen molar-refractivity contribution < 1.29 is 9.53 Å². The van der Waals surface area contributed by atoms with Crippen LogP contribution in [-0.2, 0) is 4.74 Å². The van der Waals surface area contributed by atoms with Crippen LogP contribution in [-0.4, -0.2) is 12.7 Å². The number of rotatable bonds is 3. The van der Waals surface area contributed by atoms with Gasteiger partial charge >= 0.3 is 6.09 Å². The van der Waals surface area contributed by atoms with Crippen LogP contribution in [0.3, 0.4) is 0 Å². The van der Waals surface area contributed by atoms with Gasteiger partial charge in [0.2, 0.25) is 0 Å². The zero-order chi connectivity index (χ0) is 13.0. The third kappa shape index (κ3) is 4.56. The van der Waals surface area contributed by atoms with E-state index in [1.807, 2.05) is 26.8 Å². The van der Waals surface area contributed by atoms with Crippen LogP contribution >= 0.6 is 27.5 Å². The van der Waals surface area contributed by atoms with Crippen molar-refractivity contribution in [3.63, 3.8) is 0 Å². The highest BCUT2D eigenvalue weighted by atomic mass is 79.9. The normalized spacial score (nSPS) is 10.5. The summed E-state index contributed by atoms with van der Waals surface area (Å²) in [6.07, 6.45) is -0.473. The van der Waals surface area contributed by atoms with Gasteiger partial charge < -0.3 is 4.74 Å². The molecular formula is C12H15BrClNO2. The van der Waals surface area contributed by atoms with Gasteiger partial charge in [-0.2, -0.15) is 0 Å². The molecule has 94 valence electrons. The standard InChI is InChI=1S/C12H15BrClNO2/c1-7(2)6-17-12(16)15-11-5-10(14)8(3)4-9(11)13/h4-5,7H,6H2,1-3H3,(H,15,16). The fraction of sp³-hybridized carbons (Fsp3) is 0.417. The minimum absolute atomic E-state index is 0.311. The summed E-state index contributed by atoms with van der Waals surface area (Å²) in [6, 6.07) is 3.54. The zero-order valence-electron chi connectivity index (χ0n) is 10.0. The second-order valence-corrected chi connectivity index (χ2v) is 5.46. The van der Waals surface area contributed by atoms with Crippen molar-refractivity contribution in [1.82, 2.24) is 0 Å². The maximum Gasteiger partial charge on any atom is 0.411 e. The smallest absolute Gasteiger partial charge is 0.411 e. The maximum absolute atomic E-state index is 11.5. The molecule has 0 aliphatic heterocycles. The number of benzene rings is 1. The molecule has 1 aromatic rings. The van der Waals surface area contributed by atoms with Gasteiger partial charge in [0.05, 0.1) is 12.3 Å². The first-order valence-corrected chi connectivity index (χ1v) is 6.46. The molecule has 0 unspecified atom stereocenters. The second-order valence-electron chi connectivity index (χ2n) is 4.20. The number of halogens is 2. The number of carbonyl (C=O) groups excluding carboxylic acids is 1. The molecule has 1 aromatic carbocycles. The Labute approximate surface area is 115 Å². The van der Waals surface area contributed by atoms with Crippen LogP contribution in [0.5, 0.6) is 0 Å². The van der Waals surface area contributed by atoms with Crippen LogP contribution in [0.2, 0.25) is 5.02 Å². The van der Waals surface area contributed by atoms with E-state index >= 15 is 0 Å².